The molecule has 566 valence electrons. The van der Waals surface area contributed by atoms with Gasteiger partial charge in [-0.25, -0.2) is 26.4 Å². The number of nitrogens with one attached hydrogen (secondary N) is 5. The average Bonchev–Trinajstić information content (AvgIpc) is 1.58. The van der Waals surface area contributed by atoms with E-state index in [2.05, 4.69) is 32.7 Å². The summed E-state index contributed by atoms with van der Waals surface area (Å²) in [4.78, 5) is 89.6. The van der Waals surface area contributed by atoms with E-state index >= 15 is 0 Å². The largest absolute Gasteiger partial charge is 0.489 e. The van der Waals surface area contributed by atoms with Gasteiger partial charge in [-0.3, -0.25) is 49.4 Å². The number of hydroxylamine groups is 3. The van der Waals surface area contributed by atoms with Gasteiger partial charge in [0.2, 0.25) is 29.5 Å². The minimum atomic E-state index is -4.58. The van der Waals surface area contributed by atoms with Crippen LogP contribution in [0.1, 0.15) is 109 Å². The van der Waals surface area contributed by atoms with Gasteiger partial charge in [-0.15, -0.1) is 0 Å². The van der Waals surface area contributed by atoms with Crippen molar-refractivity contribution in [3.8, 4) is 17.2 Å². The number of benzene rings is 7. The SMILES string of the molecule is CCOC(=O)[C@@]1(Cc2ccc(OCc3cc(NCc4ccccc4)nc4ccccc34)cc2)C[C@@H]1C(=O)NO.CN(C)C(=O)[C@@]1(Cc2ccc(OCc3cc(C(F)(F)F)nc4ccccc34)cc2)C[C@@H]1C(=O)NO.Cc1cc(COc2cccc([C@@]3(C(=O)NC4CCCCC4)C[C@H]3C(=O)NO)c2)c2ccccc2n1. The number of pyridine rings is 3. The summed E-state index contributed by atoms with van der Waals surface area (Å²) in [5, 5.41) is 36.5. The predicted octanol–water partition coefficient (Wildman–Crippen LogP) is 13.4. The van der Waals surface area contributed by atoms with Gasteiger partial charge < -0.3 is 34.5 Å². The number of fused-ring (bicyclic) bond motifs is 3. The lowest BCUT2D eigenvalue weighted by atomic mass is 9.89. The van der Waals surface area contributed by atoms with Crippen LogP contribution in [0.15, 0.2) is 194 Å². The van der Waals surface area contributed by atoms with E-state index in [9.17, 15) is 47.1 Å². The highest BCUT2D eigenvalue weighted by atomic mass is 19.4. The number of aryl methyl sites for hydroxylation is 1. The molecule has 0 unspecified atom stereocenters. The number of nitrogens with zero attached hydrogens (tertiary/aromatic N) is 4. The number of para-hydroxylation sites is 3. The zero-order chi connectivity index (χ0) is 77.0. The third kappa shape index (κ3) is 17.9. The standard InChI is InChI=1S/C31H31N3O5.C28H31N3O4.C25H24F3N3O4/c1-2-38-30(36)31(18-26(31)29(35)34-37)17-21-12-14-24(15-13-21)39-20-23-16-28(32-19-22-8-4-3-5-9-22)33-27-11-7-6-10-25(23)27;1-18-14-19(23-12-5-6-13-25(23)29-18)17-35-22-11-7-8-20(15-22)28(16-24(28)26(32)31-34)27(33)30-21-9-3-2-4-10-21;1-31(2)23(33)24(13-19(24)22(32)30-34)12-15-7-9-17(10-8-15)35-14-16-11-21(25(26,27)28)29-20-6-4-3-5-18(16)20/h3-16,26,37H,2,17-20H2,1H3,(H,32,33)(H,34,35);5-8,11-15,21,24,34H,2-4,9-10,16-17H2,1H3,(H,30,33)(H,31,32);3-11,19,34H,12-14H2,1-2H3,(H,30,32)/t26-,31+;24-,28-;19-,24+/m101/s1. The van der Waals surface area contributed by atoms with Gasteiger partial charge >= 0.3 is 12.1 Å². The first-order valence-electron chi connectivity index (χ1n) is 36.2. The minimum absolute atomic E-state index is 0.0900. The minimum Gasteiger partial charge on any atom is -0.489 e. The lowest BCUT2D eigenvalue weighted by Crippen LogP contribution is -2.44. The molecule has 3 heterocycles. The van der Waals surface area contributed by atoms with Gasteiger partial charge in [0, 0.05) is 65.2 Å². The van der Waals surface area contributed by atoms with Gasteiger partial charge in [-0.2, -0.15) is 13.2 Å². The highest BCUT2D eigenvalue weighted by molar-refractivity contribution is 6.01. The molecule has 109 heavy (non-hydrogen) atoms. The number of hydrogen-bond donors (Lipinski definition) is 8. The zero-order valence-corrected chi connectivity index (χ0v) is 60.7. The molecule has 0 spiro atoms. The molecule has 4 fully saturated rings. The molecule has 0 saturated heterocycles. The third-order valence-electron chi connectivity index (χ3n) is 20.8. The number of esters is 1. The molecule has 7 aromatic carbocycles. The van der Waals surface area contributed by atoms with Crippen LogP contribution in [0.2, 0.25) is 0 Å². The van der Waals surface area contributed by atoms with Crippen molar-refractivity contribution in [2.75, 3.05) is 26.0 Å². The molecule has 4 aliphatic carbocycles. The normalized spacial score (nSPS) is 19.6. The van der Waals surface area contributed by atoms with Gasteiger partial charge in [0.05, 0.1) is 57.2 Å². The number of halogens is 3. The molecule has 25 heteroatoms. The van der Waals surface area contributed by atoms with Crippen molar-refractivity contribution in [3.05, 3.63) is 244 Å². The van der Waals surface area contributed by atoms with Crippen LogP contribution in [-0.2, 0) is 84.3 Å². The maximum atomic E-state index is 13.5. The van der Waals surface area contributed by atoms with E-state index in [1.54, 1.807) is 79.9 Å². The Kier molecular flexibility index (Phi) is 23.8. The number of aromatic nitrogens is 3. The fourth-order valence-electron chi connectivity index (χ4n) is 14.8. The fraction of sp³-hybridized carbons (Fsp3) is 0.321. The average molecular weight is 1490 g/mol. The van der Waals surface area contributed by atoms with Crippen molar-refractivity contribution in [2.24, 2.45) is 28.6 Å². The number of anilines is 1. The summed E-state index contributed by atoms with van der Waals surface area (Å²) in [6.07, 6.45) is 2.40. The monoisotopic (exact) mass is 1490 g/mol. The van der Waals surface area contributed by atoms with Crippen molar-refractivity contribution in [1.29, 1.82) is 0 Å². The highest BCUT2D eigenvalue weighted by Crippen LogP contribution is 2.58. The smallest absolute Gasteiger partial charge is 0.433 e. The Balaban J connectivity index is 0.000000153. The van der Waals surface area contributed by atoms with Crippen molar-refractivity contribution in [2.45, 2.75) is 122 Å². The van der Waals surface area contributed by atoms with Crippen molar-refractivity contribution in [1.82, 2.24) is 41.6 Å². The van der Waals surface area contributed by atoms with Crippen LogP contribution in [-0.4, -0.2) is 97.7 Å². The molecular formula is C84H86F3N9O13. The summed E-state index contributed by atoms with van der Waals surface area (Å²) < 4.78 is 63.1. The summed E-state index contributed by atoms with van der Waals surface area (Å²) in [7, 11) is 3.22. The molecule has 10 aromatic rings. The Morgan fingerprint density at radius 1 is 0.523 bits per heavy atom. The highest BCUT2D eigenvalue weighted by Gasteiger charge is 2.66. The first-order valence-corrected chi connectivity index (χ1v) is 36.2. The molecule has 4 aliphatic rings. The molecule has 8 N–H and O–H groups in total. The summed E-state index contributed by atoms with van der Waals surface area (Å²) in [5.41, 5.74) is 10.1. The summed E-state index contributed by atoms with van der Waals surface area (Å²) in [6.45, 7) is 5.21. The number of alkyl halides is 3. The van der Waals surface area contributed by atoms with E-state index in [1.807, 2.05) is 134 Å². The molecule has 14 rings (SSSR count). The summed E-state index contributed by atoms with van der Waals surface area (Å²) in [6, 6.07) is 59.6. The molecular weight excluding hydrogens is 1400 g/mol. The van der Waals surface area contributed by atoms with Crippen LogP contribution in [0, 0.1) is 35.5 Å². The molecule has 3 aromatic heterocycles. The Hall–Kier alpha value is -11.5. The number of ether oxygens (including phenoxy) is 4. The predicted molar refractivity (Wildman–Crippen MR) is 399 cm³/mol. The summed E-state index contributed by atoms with van der Waals surface area (Å²) >= 11 is 0. The first kappa shape index (κ1) is 77.1. The number of amides is 5. The van der Waals surface area contributed by atoms with E-state index in [1.165, 1.54) is 23.0 Å². The second-order valence-electron chi connectivity index (χ2n) is 28.4. The van der Waals surface area contributed by atoms with E-state index in [0.29, 0.717) is 80.1 Å². The number of carbonyl (C=O) groups excluding carboxylic acids is 6. The van der Waals surface area contributed by atoms with Gasteiger partial charge in [-0.05, 0) is 154 Å². The number of rotatable bonds is 25. The van der Waals surface area contributed by atoms with Crippen molar-refractivity contribution >= 4 is 74.0 Å². The quantitative estimate of drug-likeness (QED) is 0.0150. The van der Waals surface area contributed by atoms with Crippen LogP contribution >= 0.6 is 0 Å². The Bertz CT molecular complexity index is 4950. The van der Waals surface area contributed by atoms with Crippen LogP contribution in [0.4, 0.5) is 19.0 Å². The topological polar surface area (TPSA) is 302 Å². The molecule has 5 amide bonds. The van der Waals surface area contributed by atoms with Gasteiger partial charge in [0.25, 0.3) is 0 Å². The van der Waals surface area contributed by atoms with Crippen LogP contribution in [0.25, 0.3) is 32.7 Å². The molecule has 4 saturated carbocycles. The van der Waals surface area contributed by atoms with Crippen LogP contribution < -0.4 is 41.3 Å². The maximum absolute atomic E-state index is 13.5. The van der Waals surface area contributed by atoms with E-state index < -0.39 is 69.6 Å². The Labute approximate surface area is 627 Å². The van der Waals surface area contributed by atoms with Gasteiger partial charge in [0.1, 0.15) is 48.6 Å². The molecule has 0 radical (unpaired) electrons. The van der Waals surface area contributed by atoms with Crippen molar-refractivity contribution < 1.29 is 76.5 Å². The lowest BCUT2D eigenvalue weighted by Gasteiger charge is -2.26. The maximum Gasteiger partial charge on any atom is 0.433 e. The second kappa shape index (κ2) is 33.7. The fourth-order valence-corrected chi connectivity index (χ4v) is 14.8. The summed E-state index contributed by atoms with van der Waals surface area (Å²) in [5.74, 6) is -1.77. The second-order valence-corrected chi connectivity index (χ2v) is 28.4. The van der Waals surface area contributed by atoms with E-state index in [4.69, 9.17) is 34.3 Å². The number of carbonyl (C=O) groups is 6. The van der Waals surface area contributed by atoms with E-state index in [-0.39, 0.29) is 36.6 Å². The molecule has 0 bridgehead atoms. The third-order valence-corrected chi connectivity index (χ3v) is 20.8. The first-order chi connectivity index (χ1) is 52.6. The van der Waals surface area contributed by atoms with Crippen LogP contribution in [0.5, 0.6) is 17.2 Å². The number of hydrogen-bond acceptors (Lipinski definition) is 17. The molecule has 22 nitrogen and oxygen atoms in total. The Morgan fingerprint density at radius 2 is 1.02 bits per heavy atom. The molecule has 0 aliphatic heterocycles. The molecule has 6 atom stereocenters. The van der Waals surface area contributed by atoms with Gasteiger partial charge in [0.15, 0.2) is 0 Å². The van der Waals surface area contributed by atoms with Crippen molar-refractivity contribution in [3.63, 3.8) is 0 Å². The zero-order valence-electron chi connectivity index (χ0n) is 60.7. The van der Waals surface area contributed by atoms with E-state index in [0.717, 1.165) is 92.9 Å². The Morgan fingerprint density at radius 3 is 1.58 bits per heavy atom. The van der Waals surface area contributed by atoms with Crippen LogP contribution in [0.3, 0.4) is 0 Å². The lowest BCUT2D eigenvalue weighted by molar-refractivity contribution is -0.152. The van der Waals surface area contributed by atoms with Gasteiger partial charge in [-0.1, -0.05) is 141 Å².